The Morgan fingerprint density at radius 3 is 2.39 bits per heavy atom. The monoisotopic (exact) mass is 418 g/mol. The minimum absolute atomic E-state index is 0.153. The highest BCUT2D eigenvalue weighted by Gasteiger charge is 2.18. The first-order valence-electron chi connectivity index (χ1n) is 8.55. The van der Waals surface area contributed by atoms with Crippen molar-refractivity contribution in [2.45, 2.75) is 18.7 Å². The van der Waals surface area contributed by atoms with E-state index in [1.165, 1.54) is 12.1 Å². The molecule has 8 heteroatoms. The lowest BCUT2D eigenvalue weighted by molar-refractivity contribution is 0.0519. The zero-order valence-electron chi connectivity index (χ0n) is 15.6. The van der Waals surface area contributed by atoms with Crippen LogP contribution in [0.1, 0.15) is 23.0 Å². The minimum atomic E-state index is -3.30. The highest BCUT2D eigenvalue weighted by Crippen LogP contribution is 2.28. The number of carbonyl (C=O) groups excluding carboxylic acids is 1. The Bertz CT molecular complexity index is 1140. The SMILES string of the molecule is CCOC(=O)c1cc(-c2ccc(S(C)(=O)=O)cc2)n(-c2ccc(C)c(Cl)c2)n1. The number of nitrogens with zero attached hydrogens (tertiary/aromatic N) is 2. The Morgan fingerprint density at radius 2 is 1.82 bits per heavy atom. The summed E-state index contributed by atoms with van der Waals surface area (Å²) in [4.78, 5) is 12.4. The van der Waals surface area contributed by atoms with Gasteiger partial charge in [-0.15, -0.1) is 0 Å². The quantitative estimate of drug-likeness (QED) is 0.583. The molecule has 3 aromatic rings. The van der Waals surface area contributed by atoms with Crippen molar-refractivity contribution in [2.24, 2.45) is 0 Å². The molecule has 28 heavy (non-hydrogen) atoms. The second kappa shape index (κ2) is 7.77. The van der Waals surface area contributed by atoms with Crippen LogP contribution in [0.4, 0.5) is 0 Å². The molecule has 0 bridgehead atoms. The number of aromatic nitrogens is 2. The van der Waals surface area contributed by atoms with Crippen LogP contribution in [0.25, 0.3) is 16.9 Å². The average Bonchev–Trinajstić information content (AvgIpc) is 3.09. The fourth-order valence-corrected chi connectivity index (χ4v) is 3.48. The molecule has 0 spiro atoms. The molecule has 0 aliphatic carbocycles. The highest BCUT2D eigenvalue weighted by molar-refractivity contribution is 7.90. The number of benzene rings is 2. The van der Waals surface area contributed by atoms with Crippen LogP contribution in [0.15, 0.2) is 53.4 Å². The van der Waals surface area contributed by atoms with E-state index in [9.17, 15) is 13.2 Å². The molecular weight excluding hydrogens is 400 g/mol. The summed E-state index contributed by atoms with van der Waals surface area (Å²) in [6.45, 7) is 3.85. The number of ether oxygens (including phenoxy) is 1. The molecule has 0 atom stereocenters. The van der Waals surface area contributed by atoms with Crippen LogP contribution in [-0.2, 0) is 14.6 Å². The number of halogens is 1. The van der Waals surface area contributed by atoms with Crippen LogP contribution in [0.3, 0.4) is 0 Å². The van der Waals surface area contributed by atoms with E-state index >= 15 is 0 Å². The molecule has 3 rings (SSSR count). The van der Waals surface area contributed by atoms with Gasteiger partial charge in [-0.3, -0.25) is 0 Å². The lowest BCUT2D eigenvalue weighted by Gasteiger charge is -2.09. The van der Waals surface area contributed by atoms with Crippen LogP contribution in [-0.4, -0.2) is 37.0 Å². The summed E-state index contributed by atoms with van der Waals surface area (Å²) in [6.07, 6.45) is 1.15. The van der Waals surface area contributed by atoms with E-state index in [4.69, 9.17) is 16.3 Å². The van der Waals surface area contributed by atoms with Gasteiger partial charge in [0.1, 0.15) is 0 Å². The summed E-state index contributed by atoms with van der Waals surface area (Å²) in [7, 11) is -3.30. The lowest BCUT2D eigenvalue weighted by Crippen LogP contribution is -2.07. The molecule has 0 saturated heterocycles. The maximum Gasteiger partial charge on any atom is 0.358 e. The number of esters is 1. The zero-order chi connectivity index (χ0) is 20.5. The molecule has 0 aliphatic rings. The summed E-state index contributed by atoms with van der Waals surface area (Å²) in [5, 5.41) is 4.96. The van der Waals surface area contributed by atoms with Crippen molar-refractivity contribution in [1.82, 2.24) is 9.78 Å². The van der Waals surface area contributed by atoms with Gasteiger partial charge in [0.15, 0.2) is 15.5 Å². The van der Waals surface area contributed by atoms with Crippen molar-refractivity contribution >= 4 is 27.4 Å². The van der Waals surface area contributed by atoms with E-state index in [-0.39, 0.29) is 17.2 Å². The van der Waals surface area contributed by atoms with Crippen molar-refractivity contribution in [2.75, 3.05) is 12.9 Å². The Labute approximate surface area is 168 Å². The molecule has 0 unspecified atom stereocenters. The largest absolute Gasteiger partial charge is 0.461 e. The number of rotatable bonds is 5. The van der Waals surface area contributed by atoms with Gasteiger partial charge in [0.05, 0.1) is 22.9 Å². The molecule has 0 radical (unpaired) electrons. The van der Waals surface area contributed by atoms with Crippen molar-refractivity contribution < 1.29 is 17.9 Å². The summed E-state index contributed by atoms with van der Waals surface area (Å²) >= 11 is 6.25. The summed E-state index contributed by atoms with van der Waals surface area (Å²) in [5.41, 5.74) is 3.06. The molecule has 0 aliphatic heterocycles. The van der Waals surface area contributed by atoms with Crippen molar-refractivity contribution in [1.29, 1.82) is 0 Å². The molecule has 0 saturated carbocycles. The second-order valence-electron chi connectivity index (χ2n) is 6.28. The fraction of sp³-hybridized carbons (Fsp3) is 0.200. The van der Waals surface area contributed by atoms with Crippen LogP contribution < -0.4 is 0 Å². The number of sulfone groups is 1. The molecule has 146 valence electrons. The summed E-state index contributed by atoms with van der Waals surface area (Å²) in [6, 6.07) is 13.5. The lowest BCUT2D eigenvalue weighted by atomic mass is 10.1. The van der Waals surface area contributed by atoms with Crippen LogP contribution in [0, 0.1) is 6.92 Å². The number of hydrogen-bond acceptors (Lipinski definition) is 5. The fourth-order valence-electron chi connectivity index (χ4n) is 2.67. The third-order valence-corrected chi connectivity index (χ3v) is 5.71. The van der Waals surface area contributed by atoms with E-state index in [1.807, 2.05) is 19.1 Å². The van der Waals surface area contributed by atoms with Gasteiger partial charge >= 0.3 is 5.97 Å². The maximum absolute atomic E-state index is 12.2. The standard InChI is InChI=1S/C20H19ClN2O4S/c1-4-27-20(24)18-12-19(14-6-9-16(10-7-14)28(3,25)26)23(22-18)15-8-5-13(2)17(21)11-15/h5-12H,4H2,1-3H3. The normalized spacial score (nSPS) is 11.4. The number of carbonyl (C=O) groups is 1. The zero-order valence-corrected chi connectivity index (χ0v) is 17.2. The number of aryl methyl sites for hydroxylation is 1. The van der Waals surface area contributed by atoms with E-state index in [1.54, 1.807) is 35.9 Å². The van der Waals surface area contributed by atoms with Crippen molar-refractivity contribution in [3.05, 3.63) is 64.8 Å². The number of hydrogen-bond donors (Lipinski definition) is 0. The molecular formula is C20H19ClN2O4S. The Hall–Kier alpha value is -2.64. The van der Waals surface area contributed by atoms with Crippen LogP contribution in [0.5, 0.6) is 0 Å². The molecule has 0 N–H and O–H groups in total. The molecule has 2 aromatic carbocycles. The van der Waals surface area contributed by atoms with Crippen LogP contribution in [0.2, 0.25) is 5.02 Å². The van der Waals surface area contributed by atoms with E-state index < -0.39 is 15.8 Å². The van der Waals surface area contributed by atoms with Gasteiger partial charge in [0, 0.05) is 16.8 Å². The first-order valence-corrected chi connectivity index (χ1v) is 10.8. The topological polar surface area (TPSA) is 78.3 Å². The predicted molar refractivity (Wildman–Crippen MR) is 108 cm³/mol. The first kappa shape index (κ1) is 20.1. The molecule has 0 fully saturated rings. The van der Waals surface area contributed by atoms with Gasteiger partial charge in [-0.1, -0.05) is 29.8 Å². The van der Waals surface area contributed by atoms with E-state index in [2.05, 4.69) is 5.10 Å². The van der Waals surface area contributed by atoms with Crippen LogP contribution >= 0.6 is 11.6 Å². The first-order chi connectivity index (χ1) is 13.2. The van der Waals surface area contributed by atoms with Gasteiger partial charge in [0.2, 0.25) is 0 Å². The third-order valence-electron chi connectivity index (χ3n) is 4.17. The van der Waals surface area contributed by atoms with E-state index in [0.717, 1.165) is 11.8 Å². The van der Waals surface area contributed by atoms with Gasteiger partial charge in [-0.05, 0) is 49.7 Å². The molecule has 1 heterocycles. The van der Waals surface area contributed by atoms with Gasteiger partial charge in [0.25, 0.3) is 0 Å². The second-order valence-corrected chi connectivity index (χ2v) is 8.70. The smallest absolute Gasteiger partial charge is 0.358 e. The summed E-state index contributed by atoms with van der Waals surface area (Å²) in [5.74, 6) is -0.534. The van der Waals surface area contributed by atoms with E-state index in [0.29, 0.717) is 22.0 Å². The van der Waals surface area contributed by atoms with Crippen molar-refractivity contribution in [3.8, 4) is 16.9 Å². The molecule has 0 amide bonds. The van der Waals surface area contributed by atoms with Gasteiger partial charge in [-0.25, -0.2) is 17.9 Å². The van der Waals surface area contributed by atoms with Crippen molar-refractivity contribution in [3.63, 3.8) is 0 Å². The third kappa shape index (κ3) is 4.10. The Kier molecular flexibility index (Phi) is 5.58. The molecule has 1 aromatic heterocycles. The summed E-state index contributed by atoms with van der Waals surface area (Å²) < 4.78 is 30.1. The predicted octanol–water partition coefficient (Wildman–Crippen LogP) is 4.08. The maximum atomic E-state index is 12.2. The van der Waals surface area contributed by atoms with Gasteiger partial charge in [-0.2, -0.15) is 5.10 Å². The average molecular weight is 419 g/mol. The van der Waals surface area contributed by atoms with Gasteiger partial charge < -0.3 is 4.74 Å². The highest BCUT2D eigenvalue weighted by atomic mass is 35.5. The Balaban J connectivity index is 2.15. The minimum Gasteiger partial charge on any atom is -0.461 e. The molecule has 6 nitrogen and oxygen atoms in total. The Morgan fingerprint density at radius 1 is 1.14 bits per heavy atom.